The Labute approximate surface area is 440 Å². The molecule has 0 aliphatic carbocycles. The maximum atomic E-state index is 14.6. The number of benzene rings is 1. The lowest BCUT2D eigenvalue weighted by Crippen LogP contribution is -2.63. The molecule has 0 unspecified atom stereocenters. The maximum absolute atomic E-state index is 14.6. The fraction of sp³-hybridized carbons (Fsp3) is 0.574. The van der Waals surface area contributed by atoms with Crippen LogP contribution in [-0.4, -0.2) is 123 Å². The smallest absolute Gasteiger partial charge is 0.324 e. The number of aliphatic hydroxyl groups excluding tert-OH is 1. The first-order valence-corrected chi connectivity index (χ1v) is 23.2. The highest BCUT2D eigenvalue weighted by Gasteiger charge is 2.41. The summed E-state index contributed by atoms with van der Waals surface area (Å²) < 4.78 is 14.2. The van der Waals surface area contributed by atoms with E-state index in [4.69, 9.17) is 19.4 Å². The van der Waals surface area contributed by atoms with Gasteiger partial charge in [-0.05, 0) is 80.7 Å². The number of carbonyl (C=O) groups excluding carboxylic acids is 4. The number of pyridine rings is 1. The van der Waals surface area contributed by atoms with E-state index in [1.54, 1.807) is 25.3 Å². The average Bonchev–Trinajstić information content (AvgIpc) is 3.85. The highest BCUT2D eigenvalue weighted by atomic mass is 32.1. The molecule has 0 spiro atoms. The van der Waals surface area contributed by atoms with Gasteiger partial charge in [-0.1, -0.05) is 40.7 Å². The lowest BCUT2D eigenvalue weighted by Gasteiger charge is -2.45. The third-order valence-corrected chi connectivity index (χ3v) is 13.9. The van der Waals surface area contributed by atoms with Crippen molar-refractivity contribution in [3.05, 3.63) is 58.2 Å². The fourth-order valence-corrected chi connectivity index (χ4v) is 10.1. The number of carbonyl (C=O) groups is 4. The van der Waals surface area contributed by atoms with E-state index in [0.717, 1.165) is 44.7 Å². The van der Waals surface area contributed by atoms with Crippen molar-refractivity contribution < 1.29 is 33.8 Å². The van der Waals surface area contributed by atoms with Gasteiger partial charge in [0.05, 0.1) is 34.8 Å². The number of ether oxygens (including phenoxy) is 2. The highest BCUT2D eigenvalue weighted by molar-refractivity contribution is 7.60. The van der Waals surface area contributed by atoms with Crippen molar-refractivity contribution in [2.24, 2.45) is 23.2 Å². The van der Waals surface area contributed by atoms with Crippen molar-refractivity contribution in [1.29, 1.82) is 0 Å². The number of aliphatic hydroxyl groups is 1. The molecule has 2 fully saturated rings. The van der Waals surface area contributed by atoms with Crippen molar-refractivity contribution >= 4 is 114 Å². The standard InChI is InChI=1S/C47H64N8O7S.5H2S/c1-10-54-38-16-15-30-19-33(38)34(42(54)32-13-11-17-48-40(32)29(5)61-9)21-47(6,7)26-62-45(59)35-14-12-18-55(51-35)44(58)36(20-39-49-37(30)25-63-39)50-43(57)41(27(2)3)52(8)46(60)53-22-31(23-53)28(4)24-56;;;;;/h11,13,15-17,19,25,27-29,31,35-36,41,51,56H,10,12,14,18,20-24,26H2,1-9H3,(H,50,57);5*1H2/t28-,29+,35+,36+,41+;;;;;/m1...../s1. The van der Waals surface area contributed by atoms with Crippen LogP contribution in [0.1, 0.15) is 83.7 Å². The number of cyclic esters (lactones) is 1. The number of aromatic nitrogens is 3. The molecule has 3 aromatic heterocycles. The summed E-state index contributed by atoms with van der Waals surface area (Å²) in [5.41, 5.74) is 9.32. The number of hydrogen-bond acceptors (Lipinski definition) is 11. The van der Waals surface area contributed by atoms with Gasteiger partial charge in [-0.3, -0.25) is 24.4 Å². The zero-order valence-corrected chi connectivity index (χ0v) is 46.5. The molecule has 4 amide bonds. The second-order valence-electron chi connectivity index (χ2n) is 18.7. The first-order chi connectivity index (χ1) is 30.0. The number of esters is 1. The van der Waals surface area contributed by atoms with E-state index in [0.29, 0.717) is 50.4 Å². The summed E-state index contributed by atoms with van der Waals surface area (Å²) in [5.74, 6) is -1.32. The fourth-order valence-electron chi connectivity index (χ4n) is 9.27. The molecule has 380 valence electrons. The Kier molecular flexibility index (Phi) is 23.1. The molecule has 3 aliphatic rings. The van der Waals surface area contributed by atoms with Gasteiger partial charge in [-0.25, -0.2) is 15.2 Å². The summed E-state index contributed by atoms with van der Waals surface area (Å²) in [6.07, 6.45) is 3.25. The minimum atomic E-state index is -1.06. The Hall–Kier alpha value is -3.15. The third-order valence-electron chi connectivity index (χ3n) is 13.0. The van der Waals surface area contributed by atoms with E-state index in [1.807, 2.05) is 39.1 Å². The maximum Gasteiger partial charge on any atom is 0.324 e. The van der Waals surface area contributed by atoms with Crippen LogP contribution >= 0.6 is 78.8 Å². The molecule has 3 aliphatic heterocycles. The van der Waals surface area contributed by atoms with Crippen molar-refractivity contribution in [2.45, 2.75) is 105 Å². The first-order valence-electron chi connectivity index (χ1n) is 22.3. The monoisotopic (exact) mass is 1050 g/mol. The van der Waals surface area contributed by atoms with Gasteiger partial charge in [0.15, 0.2) is 0 Å². The van der Waals surface area contributed by atoms with Crippen molar-refractivity contribution in [3.8, 4) is 22.5 Å². The molecule has 5 atom stereocenters. The third kappa shape index (κ3) is 12.8. The summed E-state index contributed by atoms with van der Waals surface area (Å²) in [5, 5.41) is 17.8. The number of rotatable bonds is 10. The summed E-state index contributed by atoms with van der Waals surface area (Å²) in [7, 11) is 3.30. The minimum absolute atomic E-state index is 0. The number of likely N-dealkylation sites (tertiary alicyclic amines) is 1. The van der Waals surface area contributed by atoms with Crippen LogP contribution in [0.15, 0.2) is 41.9 Å². The molecule has 7 rings (SSSR count). The lowest BCUT2D eigenvalue weighted by atomic mass is 9.84. The predicted octanol–water partition coefficient (Wildman–Crippen LogP) is 6.40. The summed E-state index contributed by atoms with van der Waals surface area (Å²) in [4.78, 5) is 69.4. The van der Waals surface area contributed by atoms with E-state index in [2.05, 4.69) is 60.3 Å². The Morgan fingerprint density at radius 3 is 2.44 bits per heavy atom. The van der Waals surface area contributed by atoms with Crippen LogP contribution in [0, 0.1) is 23.2 Å². The van der Waals surface area contributed by atoms with Gasteiger partial charge in [0, 0.05) is 92.4 Å². The van der Waals surface area contributed by atoms with Gasteiger partial charge in [-0.2, -0.15) is 67.5 Å². The molecule has 3 N–H and O–H groups in total. The molecule has 0 saturated carbocycles. The number of thiazole rings is 1. The number of fused-ring (bicyclic) bond motifs is 6. The average molecular weight is 1060 g/mol. The topological polar surface area (TPSA) is 171 Å². The quantitative estimate of drug-likeness (QED) is 0.151. The summed E-state index contributed by atoms with van der Waals surface area (Å²) >= 11 is 1.42. The van der Waals surface area contributed by atoms with E-state index < -0.39 is 41.3 Å². The molecule has 4 aromatic rings. The van der Waals surface area contributed by atoms with E-state index in [-0.39, 0.29) is 117 Å². The SMILES string of the molecule is CCn1c(-c2cccnc2[C@H](C)OC)c2c3cc(ccc31)-c1csc(n1)C[C@H](NC(=O)[C@H](C(C)C)N(C)C(=O)N1CC([C@H](C)CO)C1)C(=O)N1CCC[C@H](N1)C(=O)OCC(C)(C)C2.S.S.S.S.S. The molecule has 6 bridgehead atoms. The van der Waals surface area contributed by atoms with Gasteiger partial charge in [-0.15, -0.1) is 11.3 Å². The van der Waals surface area contributed by atoms with Crippen molar-refractivity contribution in [3.63, 3.8) is 0 Å². The van der Waals surface area contributed by atoms with E-state index in [1.165, 1.54) is 21.2 Å². The number of hydrogen-bond donors (Lipinski definition) is 3. The number of urea groups is 1. The Balaban J connectivity index is 0.00000317. The zero-order valence-electron chi connectivity index (χ0n) is 40.6. The Bertz CT molecular complexity index is 2340. The van der Waals surface area contributed by atoms with E-state index >= 15 is 0 Å². The molecule has 15 nitrogen and oxygen atoms in total. The van der Waals surface area contributed by atoms with Gasteiger partial charge < -0.3 is 34.3 Å². The molecule has 1 aromatic carbocycles. The first kappa shape index (κ1) is 61.0. The van der Waals surface area contributed by atoms with Crippen LogP contribution in [0.2, 0.25) is 0 Å². The van der Waals surface area contributed by atoms with Crippen LogP contribution in [0.4, 0.5) is 4.79 Å². The van der Waals surface area contributed by atoms with Crippen LogP contribution in [-0.2, 0) is 43.2 Å². The second-order valence-corrected chi connectivity index (χ2v) is 19.6. The van der Waals surface area contributed by atoms with Crippen LogP contribution in [0.5, 0.6) is 0 Å². The molecule has 21 heteroatoms. The van der Waals surface area contributed by atoms with Crippen molar-refractivity contribution in [2.75, 3.05) is 47.0 Å². The number of hydrazine groups is 1. The largest absolute Gasteiger partial charge is 0.464 e. The normalized spacial score (nSPS) is 19.5. The predicted molar refractivity (Wildman–Crippen MR) is 294 cm³/mol. The molecular formula is C47H74N8O7S6. The second kappa shape index (κ2) is 25.8. The number of amides is 4. The Morgan fingerprint density at radius 2 is 1.79 bits per heavy atom. The molecule has 0 radical (unpaired) electrons. The number of aryl methyl sites for hydroxylation is 1. The van der Waals surface area contributed by atoms with Gasteiger partial charge in [0.1, 0.15) is 18.1 Å². The van der Waals surface area contributed by atoms with Crippen LogP contribution in [0.25, 0.3) is 33.4 Å². The Morgan fingerprint density at radius 1 is 1.09 bits per heavy atom. The number of methoxy groups -OCH3 is 1. The van der Waals surface area contributed by atoms with Gasteiger partial charge in [0.2, 0.25) is 5.91 Å². The zero-order chi connectivity index (χ0) is 45.3. The van der Waals surface area contributed by atoms with E-state index in [9.17, 15) is 24.3 Å². The minimum Gasteiger partial charge on any atom is -0.464 e. The molecule has 6 heterocycles. The molecule has 68 heavy (non-hydrogen) atoms. The van der Waals surface area contributed by atoms with Crippen LogP contribution in [0.3, 0.4) is 0 Å². The number of nitrogens with zero attached hydrogens (tertiary/aromatic N) is 6. The number of likely N-dealkylation sites (N-methyl/N-ethyl adjacent to an activating group) is 1. The summed E-state index contributed by atoms with van der Waals surface area (Å²) in [6.45, 7) is 16.3. The molecular weight excluding hydrogens is 981 g/mol. The van der Waals surface area contributed by atoms with Crippen molar-refractivity contribution in [1.82, 2.24) is 40.1 Å². The van der Waals surface area contributed by atoms with Gasteiger partial charge in [0.25, 0.3) is 5.91 Å². The molecule has 2 saturated heterocycles. The number of nitrogens with one attached hydrogen (secondary N) is 2. The van der Waals surface area contributed by atoms with Crippen LogP contribution < -0.4 is 10.7 Å². The van der Waals surface area contributed by atoms with Gasteiger partial charge >= 0.3 is 12.0 Å². The summed E-state index contributed by atoms with van der Waals surface area (Å²) in [6, 6.07) is 7.45. The highest BCUT2D eigenvalue weighted by Crippen LogP contribution is 2.42. The lowest BCUT2D eigenvalue weighted by molar-refractivity contribution is -0.155.